The molecule has 0 bridgehead atoms. The van der Waals surface area contributed by atoms with Gasteiger partial charge in [0.1, 0.15) is 6.10 Å². The molecule has 1 saturated carbocycles. The molecule has 88 valence electrons. The summed E-state index contributed by atoms with van der Waals surface area (Å²) in [6, 6.07) is 0. The largest absolute Gasteiger partial charge is 0.390 e. The Bertz CT molecular complexity index is 178. The topological polar surface area (TPSA) is 38.7 Å². The number of aliphatic hydroxyl groups is 1. The van der Waals surface area contributed by atoms with Crippen LogP contribution in [0, 0.1) is 5.92 Å². The molecule has 1 N–H and O–H groups in total. The molecule has 0 spiro atoms. The predicted molar refractivity (Wildman–Crippen MR) is 57.8 cm³/mol. The predicted octanol–water partition coefficient (Wildman–Crippen LogP) is 1.73. The van der Waals surface area contributed by atoms with Crippen molar-refractivity contribution in [2.45, 2.75) is 50.7 Å². The molecule has 1 aliphatic carbocycles. The van der Waals surface area contributed by atoms with Crippen molar-refractivity contribution in [1.29, 1.82) is 0 Å². The van der Waals surface area contributed by atoms with Crippen LogP contribution in [0.25, 0.3) is 0 Å². The van der Waals surface area contributed by atoms with E-state index in [0.29, 0.717) is 19.1 Å². The smallest absolute Gasteiger partial charge is 0.107 e. The molecule has 2 fully saturated rings. The molecule has 0 aromatic rings. The maximum absolute atomic E-state index is 9.69. The number of rotatable bonds is 3. The van der Waals surface area contributed by atoms with E-state index in [2.05, 4.69) is 0 Å². The number of hydrogen-bond acceptors (Lipinski definition) is 3. The molecular weight excluding hydrogens is 192 g/mol. The van der Waals surface area contributed by atoms with E-state index in [1.165, 1.54) is 32.1 Å². The highest BCUT2D eigenvalue weighted by Gasteiger charge is 2.25. The molecule has 0 amide bonds. The van der Waals surface area contributed by atoms with Gasteiger partial charge in [0, 0.05) is 6.61 Å². The Morgan fingerprint density at radius 1 is 1.13 bits per heavy atom. The Balaban J connectivity index is 1.67. The summed E-state index contributed by atoms with van der Waals surface area (Å²) in [5, 5.41) is 9.69. The lowest BCUT2D eigenvalue weighted by molar-refractivity contribution is -0.125. The van der Waals surface area contributed by atoms with Crippen LogP contribution in [0.2, 0.25) is 0 Å². The third-order valence-electron chi connectivity index (χ3n) is 3.54. The van der Waals surface area contributed by atoms with Crippen LogP contribution in [0.15, 0.2) is 0 Å². The molecule has 1 aliphatic heterocycles. The first-order valence-electron chi connectivity index (χ1n) is 6.23. The van der Waals surface area contributed by atoms with E-state index in [1.807, 2.05) is 0 Å². The first-order valence-corrected chi connectivity index (χ1v) is 6.23. The SMILES string of the molecule is OC1CCOCC1OCC1CCCCC1. The summed E-state index contributed by atoms with van der Waals surface area (Å²) in [6.07, 6.45) is 6.98. The van der Waals surface area contributed by atoms with Gasteiger partial charge in [-0.1, -0.05) is 19.3 Å². The lowest BCUT2D eigenvalue weighted by atomic mass is 9.90. The van der Waals surface area contributed by atoms with Crippen LogP contribution in [-0.2, 0) is 9.47 Å². The normalized spacial score (nSPS) is 34.2. The van der Waals surface area contributed by atoms with Gasteiger partial charge in [-0.2, -0.15) is 0 Å². The zero-order valence-corrected chi connectivity index (χ0v) is 9.36. The standard InChI is InChI=1S/C12H22O3/c13-11-6-7-14-9-12(11)15-8-10-4-2-1-3-5-10/h10-13H,1-9H2. The van der Waals surface area contributed by atoms with E-state index in [9.17, 15) is 5.11 Å². The van der Waals surface area contributed by atoms with E-state index in [4.69, 9.17) is 9.47 Å². The quantitative estimate of drug-likeness (QED) is 0.777. The fourth-order valence-electron chi connectivity index (χ4n) is 2.47. The molecule has 15 heavy (non-hydrogen) atoms. The second-order valence-electron chi connectivity index (χ2n) is 4.81. The van der Waals surface area contributed by atoms with Crippen LogP contribution in [0.4, 0.5) is 0 Å². The molecule has 1 heterocycles. The number of aliphatic hydroxyl groups excluding tert-OH is 1. The van der Waals surface area contributed by atoms with Gasteiger partial charge in [0.05, 0.1) is 19.3 Å². The second-order valence-corrected chi connectivity index (χ2v) is 4.81. The lowest BCUT2D eigenvalue weighted by Gasteiger charge is -2.30. The highest BCUT2D eigenvalue weighted by Crippen LogP contribution is 2.24. The Hall–Kier alpha value is -0.120. The van der Waals surface area contributed by atoms with Gasteiger partial charge >= 0.3 is 0 Å². The summed E-state index contributed by atoms with van der Waals surface area (Å²) in [7, 11) is 0. The van der Waals surface area contributed by atoms with Crippen LogP contribution in [0.5, 0.6) is 0 Å². The summed E-state index contributed by atoms with van der Waals surface area (Å²) < 4.78 is 11.1. The third-order valence-corrected chi connectivity index (χ3v) is 3.54. The minimum atomic E-state index is -0.317. The zero-order valence-electron chi connectivity index (χ0n) is 9.36. The minimum absolute atomic E-state index is 0.0827. The second kappa shape index (κ2) is 5.83. The molecule has 3 heteroatoms. The van der Waals surface area contributed by atoms with Gasteiger partial charge in [0.2, 0.25) is 0 Å². The van der Waals surface area contributed by atoms with Crippen molar-refractivity contribution in [2.75, 3.05) is 19.8 Å². The Morgan fingerprint density at radius 2 is 1.93 bits per heavy atom. The number of hydrogen-bond donors (Lipinski definition) is 1. The zero-order chi connectivity index (χ0) is 10.5. The third kappa shape index (κ3) is 3.44. The Kier molecular flexibility index (Phi) is 4.42. The van der Waals surface area contributed by atoms with Crippen LogP contribution >= 0.6 is 0 Å². The van der Waals surface area contributed by atoms with E-state index in [-0.39, 0.29) is 12.2 Å². The summed E-state index contributed by atoms with van der Waals surface area (Å²) >= 11 is 0. The van der Waals surface area contributed by atoms with Crippen molar-refractivity contribution in [2.24, 2.45) is 5.92 Å². The van der Waals surface area contributed by atoms with Crippen LogP contribution in [0.1, 0.15) is 38.5 Å². The van der Waals surface area contributed by atoms with Crippen molar-refractivity contribution in [3.8, 4) is 0 Å². The van der Waals surface area contributed by atoms with Crippen molar-refractivity contribution in [3.63, 3.8) is 0 Å². The van der Waals surface area contributed by atoms with E-state index < -0.39 is 0 Å². The van der Waals surface area contributed by atoms with Gasteiger partial charge in [-0.3, -0.25) is 0 Å². The molecule has 2 atom stereocenters. The summed E-state index contributed by atoms with van der Waals surface area (Å²) in [5.41, 5.74) is 0. The van der Waals surface area contributed by atoms with Crippen molar-refractivity contribution in [3.05, 3.63) is 0 Å². The van der Waals surface area contributed by atoms with Crippen LogP contribution < -0.4 is 0 Å². The molecule has 1 saturated heterocycles. The maximum atomic E-state index is 9.69. The van der Waals surface area contributed by atoms with Gasteiger partial charge in [0.15, 0.2) is 0 Å². The lowest BCUT2D eigenvalue weighted by Crippen LogP contribution is -2.39. The van der Waals surface area contributed by atoms with Crippen molar-refractivity contribution < 1.29 is 14.6 Å². The first-order chi connectivity index (χ1) is 7.36. The average molecular weight is 214 g/mol. The van der Waals surface area contributed by atoms with Crippen molar-refractivity contribution in [1.82, 2.24) is 0 Å². The summed E-state index contributed by atoms with van der Waals surface area (Å²) in [5.74, 6) is 0.716. The van der Waals surface area contributed by atoms with Crippen molar-refractivity contribution >= 4 is 0 Å². The molecule has 2 rings (SSSR count). The maximum Gasteiger partial charge on any atom is 0.107 e. The summed E-state index contributed by atoms with van der Waals surface area (Å²) in [6.45, 7) is 2.05. The van der Waals surface area contributed by atoms with E-state index >= 15 is 0 Å². The highest BCUT2D eigenvalue weighted by molar-refractivity contribution is 4.74. The Labute approximate surface area is 91.8 Å². The Morgan fingerprint density at radius 3 is 2.67 bits per heavy atom. The molecule has 0 radical (unpaired) electrons. The van der Waals surface area contributed by atoms with Gasteiger partial charge in [-0.15, -0.1) is 0 Å². The monoisotopic (exact) mass is 214 g/mol. The molecule has 0 aromatic carbocycles. The molecule has 2 aliphatic rings. The summed E-state index contributed by atoms with van der Waals surface area (Å²) in [4.78, 5) is 0. The molecular formula is C12H22O3. The minimum Gasteiger partial charge on any atom is -0.390 e. The first kappa shape index (κ1) is 11.4. The molecule has 3 nitrogen and oxygen atoms in total. The fraction of sp³-hybridized carbons (Fsp3) is 1.00. The van der Waals surface area contributed by atoms with Gasteiger partial charge < -0.3 is 14.6 Å². The van der Waals surface area contributed by atoms with Crippen LogP contribution in [0.3, 0.4) is 0 Å². The number of ether oxygens (including phenoxy) is 2. The fourth-order valence-corrected chi connectivity index (χ4v) is 2.47. The van der Waals surface area contributed by atoms with Gasteiger partial charge in [-0.25, -0.2) is 0 Å². The van der Waals surface area contributed by atoms with Gasteiger partial charge in [-0.05, 0) is 25.2 Å². The molecule has 2 unspecified atom stereocenters. The van der Waals surface area contributed by atoms with Crippen LogP contribution in [-0.4, -0.2) is 37.1 Å². The van der Waals surface area contributed by atoms with Gasteiger partial charge in [0.25, 0.3) is 0 Å². The molecule has 0 aromatic heterocycles. The van der Waals surface area contributed by atoms with E-state index in [0.717, 1.165) is 13.0 Å². The highest BCUT2D eigenvalue weighted by atomic mass is 16.5. The van der Waals surface area contributed by atoms with E-state index in [1.54, 1.807) is 0 Å². The average Bonchev–Trinajstić information content (AvgIpc) is 2.29.